The molecule has 5 nitrogen and oxygen atoms in total. The van der Waals surface area contributed by atoms with Crippen LogP contribution in [0.25, 0.3) is 0 Å². The molecule has 1 N–H and O–H groups in total. The maximum atomic E-state index is 13.4. The van der Waals surface area contributed by atoms with Gasteiger partial charge in [-0.3, -0.25) is 14.5 Å². The van der Waals surface area contributed by atoms with Gasteiger partial charge in [-0.05, 0) is 49.7 Å². The van der Waals surface area contributed by atoms with Crippen molar-refractivity contribution >= 4 is 23.2 Å². The summed E-state index contributed by atoms with van der Waals surface area (Å²) in [5, 5.41) is 2.98. The second-order valence-corrected chi connectivity index (χ2v) is 6.85. The molecule has 2 aromatic carbocycles. The number of benzene rings is 2. The standard InChI is InChI=1S/C22H20N2O3/c1-15-9-11-17(12-10-15)24-20(25)14-22(24,19-8-5-13-27-19)21(26)23-18-7-4-3-6-16(18)2/h3-13H,14H2,1-2H3,(H,23,26). The number of nitrogens with zero attached hydrogens (tertiary/aromatic N) is 1. The number of amides is 2. The maximum Gasteiger partial charge on any atom is 0.259 e. The van der Waals surface area contributed by atoms with Gasteiger partial charge in [0.1, 0.15) is 5.76 Å². The maximum absolute atomic E-state index is 13.4. The molecule has 1 aliphatic rings. The van der Waals surface area contributed by atoms with Gasteiger partial charge in [0.2, 0.25) is 5.91 Å². The highest BCUT2D eigenvalue weighted by molar-refractivity contribution is 6.16. The molecule has 3 aromatic rings. The Hall–Kier alpha value is -3.34. The number of aryl methyl sites for hydroxylation is 2. The van der Waals surface area contributed by atoms with Gasteiger partial charge in [-0.1, -0.05) is 35.9 Å². The van der Waals surface area contributed by atoms with Gasteiger partial charge in [-0.25, -0.2) is 0 Å². The molecular formula is C22H20N2O3. The topological polar surface area (TPSA) is 62.6 Å². The van der Waals surface area contributed by atoms with E-state index < -0.39 is 5.54 Å². The van der Waals surface area contributed by atoms with Gasteiger partial charge in [0.25, 0.3) is 5.91 Å². The van der Waals surface area contributed by atoms with Gasteiger partial charge in [-0.15, -0.1) is 0 Å². The van der Waals surface area contributed by atoms with Crippen LogP contribution in [0.3, 0.4) is 0 Å². The molecule has 0 saturated carbocycles. The quantitative estimate of drug-likeness (QED) is 0.711. The van der Waals surface area contributed by atoms with E-state index in [9.17, 15) is 9.59 Å². The SMILES string of the molecule is Cc1ccc(N2C(=O)CC2(C(=O)Nc2ccccc2C)c2ccco2)cc1. The number of β-lactam (4-membered cyclic amide) rings is 1. The molecular weight excluding hydrogens is 340 g/mol. The van der Waals surface area contributed by atoms with Gasteiger partial charge in [0.15, 0.2) is 5.54 Å². The number of furan rings is 1. The fourth-order valence-corrected chi connectivity index (χ4v) is 3.50. The van der Waals surface area contributed by atoms with E-state index in [0.29, 0.717) is 11.4 Å². The van der Waals surface area contributed by atoms with Crippen LogP contribution in [0.4, 0.5) is 11.4 Å². The Bertz CT molecular complexity index is 993. The van der Waals surface area contributed by atoms with Crippen LogP contribution in [0.1, 0.15) is 23.3 Å². The van der Waals surface area contributed by atoms with Crippen molar-refractivity contribution in [3.05, 3.63) is 83.8 Å². The summed E-state index contributed by atoms with van der Waals surface area (Å²) in [6, 6.07) is 18.6. The van der Waals surface area contributed by atoms with Crippen molar-refractivity contribution in [2.24, 2.45) is 0 Å². The molecule has 1 unspecified atom stereocenters. The Kier molecular flexibility index (Phi) is 4.07. The highest BCUT2D eigenvalue weighted by Gasteiger charge is 2.60. The molecule has 27 heavy (non-hydrogen) atoms. The van der Waals surface area contributed by atoms with Gasteiger partial charge < -0.3 is 9.73 Å². The third-order valence-electron chi connectivity index (χ3n) is 5.03. The van der Waals surface area contributed by atoms with Crippen molar-refractivity contribution in [2.45, 2.75) is 25.8 Å². The molecule has 2 heterocycles. The molecule has 1 aliphatic heterocycles. The van der Waals surface area contributed by atoms with E-state index in [2.05, 4.69) is 5.32 Å². The van der Waals surface area contributed by atoms with Crippen molar-refractivity contribution < 1.29 is 14.0 Å². The zero-order chi connectivity index (χ0) is 19.0. The van der Waals surface area contributed by atoms with Crippen LogP contribution < -0.4 is 10.2 Å². The monoisotopic (exact) mass is 360 g/mol. The third kappa shape index (κ3) is 2.72. The zero-order valence-corrected chi connectivity index (χ0v) is 15.2. The molecule has 0 radical (unpaired) electrons. The summed E-state index contributed by atoms with van der Waals surface area (Å²) in [5.74, 6) is 0.0517. The van der Waals surface area contributed by atoms with Crippen LogP contribution in [-0.2, 0) is 15.1 Å². The lowest BCUT2D eigenvalue weighted by atomic mass is 9.79. The van der Waals surface area contributed by atoms with Crippen LogP contribution in [0.15, 0.2) is 71.3 Å². The summed E-state index contributed by atoms with van der Waals surface area (Å²) in [6.45, 7) is 3.91. The van der Waals surface area contributed by atoms with E-state index in [-0.39, 0.29) is 18.2 Å². The average molecular weight is 360 g/mol. The Morgan fingerprint density at radius 1 is 1.04 bits per heavy atom. The molecule has 1 fully saturated rings. The number of hydrogen-bond donors (Lipinski definition) is 1. The van der Waals surface area contributed by atoms with Crippen LogP contribution >= 0.6 is 0 Å². The zero-order valence-electron chi connectivity index (χ0n) is 15.2. The second kappa shape index (κ2) is 6.43. The van der Waals surface area contributed by atoms with E-state index in [0.717, 1.165) is 16.8 Å². The van der Waals surface area contributed by atoms with Crippen molar-refractivity contribution in [3.8, 4) is 0 Å². The summed E-state index contributed by atoms with van der Waals surface area (Å²) >= 11 is 0. The van der Waals surface area contributed by atoms with E-state index in [1.54, 1.807) is 12.1 Å². The number of hydrogen-bond acceptors (Lipinski definition) is 3. The number of rotatable bonds is 4. The summed E-state index contributed by atoms with van der Waals surface area (Å²) in [7, 11) is 0. The van der Waals surface area contributed by atoms with E-state index >= 15 is 0 Å². The van der Waals surface area contributed by atoms with E-state index in [1.165, 1.54) is 11.2 Å². The summed E-state index contributed by atoms with van der Waals surface area (Å²) in [5.41, 5.74) is 2.23. The summed E-state index contributed by atoms with van der Waals surface area (Å²) < 4.78 is 5.60. The van der Waals surface area contributed by atoms with Crippen molar-refractivity contribution in [3.63, 3.8) is 0 Å². The lowest BCUT2D eigenvalue weighted by Gasteiger charge is -2.49. The Labute approximate surface area is 157 Å². The first kappa shape index (κ1) is 17.1. The second-order valence-electron chi connectivity index (χ2n) is 6.85. The highest BCUT2D eigenvalue weighted by atomic mass is 16.3. The highest BCUT2D eigenvalue weighted by Crippen LogP contribution is 2.46. The molecule has 1 saturated heterocycles. The van der Waals surface area contributed by atoms with Crippen LogP contribution in [0.2, 0.25) is 0 Å². The normalized spacial score (nSPS) is 18.9. The number of anilines is 2. The van der Waals surface area contributed by atoms with Crippen LogP contribution in [0.5, 0.6) is 0 Å². The molecule has 5 heteroatoms. The molecule has 0 bridgehead atoms. The Morgan fingerprint density at radius 2 is 1.78 bits per heavy atom. The first-order valence-corrected chi connectivity index (χ1v) is 8.83. The van der Waals surface area contributed by atoms with Gasteiger partial charge >= 0.3 is 0 Å². The van der Waals surface area contributed by atoms with Crippen molar-refractivity contribution in [1.82, 2.24) is 0 Å². The summed E-state index contributed by atoms with van der Waals surface area (Å²) in [6.07, 6.45) is 1.58. The average Bonchev–Trinajstić information content (AvgIpc) is 3.17. The number of carbonyl (C=O) groups excluding carboxylic acids is 2. The van der Waals surface area contributed by atoms with Gasteiger partial charge in [0, 0.05) is 11.4 Å². The largest absolute Gasteiger partial charge is 0.466 e. The van der Waals surface area contributed by atoms with E-state index in [4.69, 9.17) is 4.42 Å². The first-order valence-electron chi connectivity index (χ1n) is 8.83. The number of carbonyl (C=O) groups is 2. The number of nitrogens with one attached hydrogen (secondary N) is 1. The van der Waals surface area contributed by atoms with Crippen LogP contribution in [0, 0.1) is 13.8 Å². The predicted molar refractivity (Wildman–Crippen MR) is 103 cm³/mol. The molecule has 0 aliphatic carbocycles. The Morgan fingerprint density at radius 3 is 2.41 bits per heavy atom. The van der Waals surface area contributed by atoms with Crippen molar-refractivity contribution in [2.75, 3.05) is 10.2 Å². The molecule has 1 aromatic heterocycles. The minimum absolute atomic E-state index is 0.0616. The molecule has 1 atom stereocenters. The lowest BCUT2D eigenvalue weighted by Crippen LogP contribution is -2.67. The molecule has 0 spiro atoms. The minimum Gasteiger partial charge on any atom is -0.466 e. The fraction of sp³-hybridized carbons (Fsp3) is 0.182. The lowest BCUT2D eigenvalue weighted by molar-refractivity contribution is -0.138. The smallest absolute Gasteiger partial charge is 0.259 e. The fourth-order valence-electron chi connectivity index (χ4n) is 3.50. The molecule has 4 rings (SSSR count). The number of para-hydroxylation sites is 1. The van der Waals surface area contributed by atoms with Gasteiger partial charge in [-0.2, -0.15) is 0 Å². The third-order valence-corrected chi connectivity index (χ3v) is 5.03. The molecule has 2 amide bonds. The first-order chi connectivity index (χ1) is 13.0. The Balaban J connectivity index is 1.77. The predicted octanol–water partition coefficient (Wildman–Crippen LogP) is 4.17. The van der Waals surface area contributed by atoms with Crippen LogP contribution in [-0.4, -0.2) is 11.8 Å². The summed E-state index contributed by atoms with van der Waals surface area (Å²) in [4.78, 5) is 27.5. The minimum atomic E-state index is -1.20. The molecule has 136 valence electrons. The van der Waals surface area contributed by atoms with E-state index in [1.807, 2.05) is 62.4 Å². The van der Waals surface area contributed by atoms with Gasteiger partial charge in [0.05, 0.1) is 12.7 Å². The van der Waals surface area contributed by atoms with Crippen molar-refractivity contribution in [1.29, 1.82) is 0 Å².